The first-order chi connectivity index (χ1) is 16.0. The average Bonchev–Trinajstić information content (AvgIpc) is 2.79. The summed E-state index contributed by atoms with van der Waals surface area (Å²) in [5.41, 5.74) is -1.06. The topological polar surface area (TPSA) is 112 Å². The Morgan fingerprint density at radius 3 is 2.41 bits per heavy atom. The number of esters is 1. The van der Waals surface area contributed by atoms with Gasteiger partial charge in [0.05, 0.1) is 29.3 Å². The Balaban J connectivity index is 1.84. The van der Waals surface area contributed by atoms with Gasteiger partial charge in [0.2, 0.25) is 9.84 Å². The number of hydrogen-bond acceptors (Lipinski definition) is 8. The Bertz CT molecular complexity index is 986. The molecule has 0 saturated carbocycles. The minimum atomic E-state index is -3.72. The predicted molar refractivity (Wildman–Crippen MR) is 122 cm³/mol. The van der Waals surface area contributed by atoms with Gasteiger partial charge in [-0.3, -0.25) is 4.79 Å². The molecule has 1 aliphatic heterocycles. The zero-order chi connectivity index (χ0) is 25.2. The number of rotatable bonds is 11. The van der Waals surface area contributed by atoms with E-state index in [-0.39, 0.29) is 36.5 Å². The van der Waals surface area contributed by atoms with Crippen molar-refractivity contribution in [2.45, 2.75) is 57.0 Å². The molecule has 0 aliphatic carbocycles. The van der Waals surface area contributed by atoms with Crippen LogP contribution < -0.4 is 4.74 Å². The molecule has 2 rings (SSSR count). The Morgan fingerprint density at radius 2 is 1.85 bits per heavy atom. The molecule has 1 fully saturated rings. The molecule has 8 nitrogen and oxygen atoms in total. The lowest BCUT2D eigenvalue weighted by atomic mass is 9.83. The highest BCUT2D eigenvalue weighted by Crippen LogP contribution is 2.30. The number of carbonyl (C=O) groups is 1. The molecule has 0 radical (unpaired) electrons. The van der Waals surface area contributed by atoms with Gasteiger partial charge in [-0.2, -0.15) is 5.26 Å². The van der Waals surface area contributed by atoms with Crippen molar-refractivity contribution in [2.24, 2.45) is 5.41 Å². The van der Waals surface area contributed by atoms with Crippen molar-refractivity contribution in [1.82, 2.24) is 0 Å². The number of ether oxygens (including phenoxy) is 4. The lowest BCUT2D eigenvalue weighted by Gasteiger charge is -2.30. The largest absolute Gasteiger partial charge is 0.489 e. The van der Waals surface area contributed by atoms with E-state index < -0.39 is 32.8 Å². The summed E-state index contributed by atoms with van der Waals surface area (Å²) in [4.78, 5) is 11.8. The Labute approximate surface area is 200 Å². The molecule has 1 aromatic carbocycles. The maximum Gasteiger partial charge on any atom is 0.306 e. The summed E-state index contributed by atoms with van der Waals surface area (Å²) >= 11 is 0. The van der Waals surface area contributed by atoms with Crippen molar-refractivity contribution >= 4 is 15.8 Å². The fourth-order valence-electron chi connectivity index (χ4n) is 3.20. The summed E-state index contributed by atoms with van der Waals surface area (Å²) in [5.74, 6) is -0.625. The molecule has 1 saturated heterocycles. The van der Waals surface area contributed by atoms with E-state index in [9.17, 15) is 22.9 Å². The third-order valence-corrected chi connectivity index (χ3v) is 6.60. The molecule has 0 amide bonds. The van der Waals surface area contributed by atoms with E-state index in [0.29, 0.717) is 38.1 Å². The number of halogens is 1. The van der Waals surface area contributed by atoms with Crippen molar-refractivity contribution in [1.29, 1.82) is 5.26 Å². The van der Waals surface area contributed by atoms with Gasteiger partial charge in [-0.1, -0.05) is 0 Å². The van der Waals surface area contributed by atoms with Crippen LogP contribution in [0.15, 0.2) is 41.1 Å². The second kappa shape index (κ2) is 12.3. The lowest BCUT2D eigenvalue weighted by molar-refractivity contribution is -0.154. The molecule has 0 aromatic heterocycles. The van der Waals surface area contributed by atoms with Gasteiger partial charge in [0, 0.05) is 19.6 Å². The molecule has 1 aliphatic rings. The highest BCUT2D eigenvalue weighted by Gasteiger charge is 2.33. The van der Waals surface area contributed by atoms with Crippen LogP contribution in [-0.4, -0.2) is 52.4 Å². The van der Waals surface area contributed by atoms with Crippen molar-refractivity contribution in [3.05, 3.63) is 36.2 Å². The molecule has 188 valence electrons. The van der Waals surface area contributed by atoms with E-state index >= 15 is 0 Å². The van der Waals surface area contributed by atoms with E-state index in [1.165, 1.54) is 24.3 Å². The smallest absolute Gasteiger partial charge is 0.306 e. The molecule has 0 N–H and O–H groups in total. The van der Waals surface area contributed by atoms with E-state index in [1.807, 2.05) is 0 Å². The molecule has 0 spiro atoms. The lowest BCUT2D eigenvalue weighted by Crippen LogP contribution is -2.33. The SMILES string of the molecule is CC(C)(C)OC(=O)CC/C(=C\F)COc1ccc(S(=O)(=O)COCC2(C#N)CCOCC2)cc1. The number of sulfone groups is 1. The van der Waals surface area contributed by atoms with Crippen LogP contribution in [0.4, 0.5) is 4.39 Å². The Hall–Kier alpha value is -2.48. The fourth-order valence-corrected chi connectivity index (χ4v) is 4.19. The van der Waals surface area contributed by atoms with Gasteiger partial charge >= 0.3 is 5.97 Å². The summed E-state index contributed by atoms with van der Waals surface area (Å²) in [5, 5.41) is 9.43. The van der Waals surface area contributed by atoms with Crippen molar-refractivity contribution in [3.8, 4) is 11.8 Å². The molecule has 1 aromatic rings. The van der Waals surface area contributed by atoms with Crippen molar-refractivity contribution < 1.29 is 36.6 Å². The first-order valence-electron chi connectivity index (χ1n) is 11.0. The van der Waals surface area contributed by atoms with E-state index in [2.05, 4.69) is 6.07 Å². The number of nitrogens with zero attached hydrogens (tertiary/aromatic N) is 1. The van der Waals surface area contributed by atoms with Gasteiger partial charge in [-0.25, -0.2) is 12.8 Å². The van der Waals surface area contributed by atoms with Crippen LogP contribution >= 0.6 is 0 Å². The third-order valence-electron chi connectivity index (χ3n) is 5.14. The van der Waals surface area contributed by atoms with Gasteiger partial charge in [-0.15, -0.1) is 0 Å². The normalized spacial score (nSPS) is 16.5. The van der Waals surface area contributed by atoms with Gasteiger partial charge < -0.3 is 18.9 Å². The third kappa shape index (κ3) is 9.05. The standard InChI is InChI=1S/C24H32FNO7S/c1-23(2,3)33-22(27)9-4-19(14-25)15-32-20-5-7-21(8-6-20)34(28,29)18-31-17-24(16-26)10-12-30-13-11-24/h5-8,14H,4,9-13,15,17-18H2,1-3H3/b19-14+. The maximum atomic E-state index is 13.2. The number of carbonyl (C=O) groups excluding carboxylic acids is 1. The van der Waals surface area contributed by atoms with Gasteiger partial charge in [-0.05, 0) is 69.9 Å². The molecule has 0 unspecified atom stereocenters. The molecular weight excluding hydrogens is 465 g/mol. The molecule has 34 heavy (non-hydrogen) atoms. The van der Waals surface area contributed by atoms with E-state index in [4.69, 9.17) is 18.9 Å². The maximum absolute atomic E-state index is 13.2. The number of hydrogen-bond donors (Lipinski definition) is 0. The van der Waals surface area contributed by atoms with Crippen LogP contribution in [0.25, 0.3) is 0 Å². The highest BCUT2D eigenvalue weighted by molar-refractivity contribution is 7.91. The van der Waals surface area contributed by atoms with E-state index in [1.54, 1.807) is 20.8 Å². The molecular formula is C24H32FNO7S. The zero-order valence-electron chi connectivity index (χ0n) is 19.8. The molecule has 1 heterocycles. The first-order valence-corrected chi connectivity index (χ1v) is 12.7. The first kappa shape index (κ1) is 27.8. The van der Waals surface area contributed by atoms with Crippen LogP contribution in [-0.2, 0) is 28.8 Å². The van der Waals surface area contributed by atoms with E-state index in [0.717, 1.165) is 0 Å². The molecule has 0 bridgehead atoms. The van der Waals surface area contributed by atoms with Gasteiger partial charge in [0.15, 0.2) is 5.94 Å². The Morgan fingerprint density at radius 1 is 1.21 bits per heavy atom. The average molecular weight is 498 g/mol. The summed E-state index contributed by atoms with van der Waals surface area (Å²) in [7, 11) is -3.72. The van der Waals surface area contributed by atoms with Crippen LogP contribution in [0.1, 0.15) is 46.5 Å². The summed E-state index contributed by atoms with van der Waals surface area (Å²) < 4.78 is 59.7. The van der Waals surface area contributed by atoms with Crippen molar-refractivity contribution in [3.63, 3.8) is 0 Å². The second-order valence-electron chi connectivity index (χ2n) is 9.20. The van der Waals surface area contributed by atoms with Gasteiger partial charge in [0.1, 0.15) is 18.0 Å². The van der Waals surface area contributed by atoms with Crippen molar-refractivity contribution in [2.75, 3.05) is 32.4 Å². The predicted octanol–water partition coefficient (Wildman–Crippen LogP) is 4.11. The quantitative estimate of drug-likeness (QED) is 0.420. The minimum absolute atomic E-state index is 0.0215. The van der Waals surface area contributed by atoms with Gasteiger partial charge in [0.25, 0.3) is 0 Å². The Kier molecular flexibility index (Phi) is 10.0. The van der Waals surface area contributed by atoms with Crippen LogP contribution in [0.3, 0.4) is 0 Å². The number of nitriles is 1. The van der Waals surface area contributed by atoms with Crippen LogP contribution in [0.2, 0.25) is 0 Å². The monoisotopic (exact) mass is 497 g/mol. The number of benzene rings is 1. The zero-order valence-corrected chi connectivity index (χ0v) is 20.7. The fraction of sp³-hybridized carbons (Fsp3) is 0.583. The summed E-state index contributed by atoms with van der Waals surface area (Å²) in [6.45, 7) is 6.10. The van der Waals surface area contributed by atoms with Crippen LogP contribution in [0.5, 0.6) is 5.75 Å². The summed E-state index contributed by atoms with van der Waals surface area (Å²) in [6.07, 6.45) is 1.57. The minimum Gasteiger partial charge on any atom is -0.489 e. The molecule has 0 atom stereocenters. The molecule has 10 heteroatoms. The highest BCUT2D eigenvalue weighted by atomic mass is 32.2. The summed E-state index contributed by atoms with van der Waals surface area (Å²) in [6, 6.07) is 7.91. The second-order valence-corrected chi connectivity index (χ2v) is 11.1. The van der Waals surface area contributed by atoms with Crippen LogP contribution in [0, 0.1) is 16.7 Å².